The topological polar surface area (TPSA) is 56.1 Å². The van der Waals surface area contributed by atoms with Crippen LogP contribution in [0.15, 0.2) is 6.07 Å². The molecule has 0 saturated carbocycles. The van der Waals surface area contributed by atoms with E-state index in [0.717, 1.165) is 30.8 Å². The van der Waals surface area contributed by atoms with Crippen LogP contribution in [0, 0.1) is 17.2 Å². The van der Waals surface area contributed by atoms with E-state index in [2.05, 4.69) is 30.3 Å². The van der Waals surface area contributed by atoms with Gasteiger partial charge in [-0.05, 0) is 56.7 Å². The molecule has 0 unspecified atom stereocenters. The van der Waals surface area contributed by atoms with Crippen LogP contribution in [0.5, 0.6) is 0 Å². The number of nitrogens with one attached hydrogen (secondary N) is 1. The van der Waals surface area contributed by atoms with Crippen molar-refractivity contribution in [2.75, 3.05) is 20.1 Å². The number of thiophene rings is 1. The molecular formula is C17H23N3OS. The van der Waals surface area contributed by atoms with Gasteiger partial charge in [0.15, 0.2) is 0 Å². The number of likely N-dealkylation sites (tertiary alicyclic amines) is 1. The number of carbonyl (C=O) groups is 1. The average molecular weight is 317 g/mol. The molecule has 4 nitrogen and oxygen atoms in total. The molecule has 1 fully saturated rings. The Morgan fingerprint density at radius 1 is 1.50 bits per heavy atom. The Hall–Kier alpha value is -1.38. The van der Waals surface area contributed by atoms with E-state index in [1.165, 1.54) is 16.9 Å². The molecule has 5 heteroatoms. The van der Waals surface area contributed by atoms with Crippen molar-refractivity contribution in [3.63, 3.8) is 0 Å². The fourth-order valence-corrected chi connectivity index (χ4v) is 4.47. The Bertz CT molecular complexity index is 608. The SMILES string of the molecule is C[C@@H]1CCc2sc(C(=O)NC3(C#N)CCN(C)CC3)cc2C1. The van der Waals surface area contributed by atoms with E-state index >= 15 is 0 Å². The molecule has 3 rings (SSSR count). The highest BCUT2D eigenvalue weighted by Crippen LogP contribution is 2.32. The van der Waals surface area contributed by atoms with Crippen molar-refractivity contribution in [3.05, 3.63) is 21.4 Å². The van der Waals surface area contributed by atoms with Gasteiger partial charge in [0.25, 0.3) is 5.91 Å². The lowest BCUT2D eigenvalue weighted by molar-refractivity contribution is 0.0886. The van der Waals surface area contributed by atoms with Crippen molar-refractivity contribution >= 4 is 17.2 Å². The molecule has 0 aromatic carbocycles. The van der Waals surface area contributed by atoms with E-state index in [1.54, 1.807) is 11.3 Å². The Labute approximate surface area is 136 Å². The first-order chi connectivity index (χ1) is 10.5. The number of piperidine rings is 1. The van der Waals surface area contributed by atoms with Crippen LogP contribution in [0.2, 0.25) is 0 Å². The second-order valence-electron chi connectivity index (χ2n) is 6.86. The molecule has 2 aliphatic rings. The third kappa shape index (κ3) is 3.04. The van der Waals surface area contributed by atoms with Crippen molar-refractivity contribution in [2.45, 2.75) is 44.6 Å². The lowest BCUT2D eigenvalue weighted by Crippen LogP contribution is -2.53. The Morgan fingerprint density at radius 3 is 2.91 bits per heavy atom. The molecule has 1 aliphatic heterocycles. The number of hydrogen-bond acceptors (Lipinski definition) is 4. The highest BCUT2D eigenvalue weighted by Gasteiger charge is 2.36. The number of nitrogens with zero attached hydrogens (tertiary/aromatic N) is 2. The number of nitriles is 1. The van der Waals surface area contributed by atoms with Crippen molar-refractivity contribution in [1.29, 1.82) is 5.26 Å². The van der Waals surface area contributed by atoms with Gasteiger partial charge >= 0.3 is 0 Å². The van der Waals surface area contributed by atoms with E-state index in [1.807, 2.05) is 6.07 Å². The summed E-state index contributed by atoms with van der Waals surface area (Å²) in [4.78, 5) is 16.9. The summed E-state index contributed by atoms with van der Waals surface area (Å²) >= 11 is 1.61. The molecule has 1 saturated heterocycles. The minimum atomic E-state index is -0.693. The van der Waals surface area contributed by atoms with Gasteiger partial charge in [-0.1, -0.05) is 6.92 Å². The molecular weight excluding hydrogens is 294 g/mol. The van der Waals surface area contributed by atoms with Gasteiger partial charge in [-0.15, -0.1) is 11.3 Å². The van der Waals surface area contributed by atoms with Gasteiger partial charge in [-0.3, -0.25) is 4.79 Å². The van der Waals surface area contributed by atoms with Crippen molar-refractivity contribution in [2.24, 2.45) is 5.92 Å². The minimum absolute atomic E-state index is 0.0712. The first-order valence-electron chi connectivity index (χ1n) is 8.05. The van der Waals surface area contributed by atoms with Crippen LogP contribution in [-0.2, 0) is 12.8 Å². The van der Waals surface area contributed by atoms with Crippen LogP contribution in [0.3, 0.4) is 0 Å². The highest BCUT2D eigenvalue weighted by atomic mass is 32.1. The zero-order valence-electron chi connectivity index (χ0n) is 13.3. The minimum Gasteiger partial charge on any atom is -0.333 e. The third-order valence-electron chi connectivity index (χ3n) is 4.96. The van der Waals surface area contributed by atoms with Gasteiger partial charge in [0.2, 0.25) is 0 Å². The maximum absolute atomic E-state index is 12.6. The van der Waals surface area contributed by atoms with Crippen molar-refractivity contribution < 1.29 is 4.79 Å². The molecule has 118 valence electrons. The molecule has 0 spiro atoms. The van der Waals surface area contributed by atoms with Crippen LogP contribution in [0.1, 0.15) is 46.3 Å². The summed E-state index contributed by atoms with van der Waals surface area (Å²) in [5.41, 5.74) is 0.643. The quantitative estimate of drug-likeness (QED) is 0.912. The molecule has 1 atom stereocenters. The summed E-state index contributed by atoms with van der Waals surface area (Å²) < 4.78 is 0. The predicted octanol–water partition coefficient (Wildman–Crippen LogP) is 2.59. The molecule has 2 heterocycles. The molecule has 1 amide bonds. The zero-order valence-corrected chi connectivity index (χ0v) is 14.1. The molecule has 1 aromatic rings. The van der Waals surface area contributed by atoms with Crippen LogP contribution >= 0.6 is 11.3 Å². The molecule has 1 N–H and O–H groups in total. The van der Waals surface area contributed by atoms with E-state index in [4.69, 9.17) is 0 Å². The smallest absolute Gasteiger partial charge is 0.262 e. The predicted molar refractivity (Wildman–Crippen MR) is 88.0 cm³/mol. The molecule has 22 heavy (non-hydrogen) atoms. The standard InChI is InChI=1S/C17H23N3OS/c1-12-3-4-14-13(9-12)10-15(22-14)16(21)19-17(11-18)5-7-20(2)8-6-17/h10,12H,3-9H2,1-2H3,(H,19,21)/t12-/m1/s1. The van der Waals surface area contributed by atoms with Crippen LogP contribution < -0.4 is 5.32 Å². The summed E-state index contributed by atoms with van der Waals surface area (Å²) in [6, 6.07) is 4.40. The van der Waals surface area contributed by atoms with E-state index < -0.39 is 5.54 Å². The van der Waals surface area contributed by atoms with E-state index in [9.17, 15) is 10.1 Å². The summed E-state index contributed by atoms with van der Waals surface area (Å²) in [7, 11) is 2.05. The maximum atomic E-state index is 12.6. The molecule has 0 radical (unpaired) electrons. The number of amides is 1. The lowest BCUT2D eigenvalue weighted by Gasteiger charge is -2.35. The maximum Gasteiger partial charge on any atom is 0.262 e. The van der Waals surface area contributed by atoms with Gasteiger partial charge in [0.05, 0.1) is 10.9 Å². The van der Waals surface area contributed by atoms with E-state index in [-0.39, 0.29) is 5.91 Å². The summed E-state index contributed by atoms with van der Waals surface area (Å²) in [6.45, 7) is 3.97. The van der Waals surface area contributed by atoms with Gasteiger partial charge in [0.1, 0.15) is 5.54 Å². The first-order valence-corrected chi connectivity index (χ1v) is 8.87. The van der Waals surface area contributed by atoms with Gasteiger partial charge in [-0.25, -0.2) is 0 Å². The van der Waals surface area contributed by atoms with Crippen molar-refractivity contribution in [3.8, 4) is 6.07 Å². The normalized spacial score (nSPS) is 24.3. The lowest BCUT2D eigenvalue weighted by atomic mass is 9.88. The molecule has 1 aliphatic carbocycles. The fraction of sp³-hybridized carbons (Fsp3) is 0.647. The summed E-state index contributed by atoms with van der Waals surface area (Å²) in [5, 5.41) is 12.6. The first kappa shape index (κ1) is 15.5. The van der Waals surface area contributed by atoms with Crippen LogP contribution in [0.4, 0.5) is 0 Å². The zero-order chi connectivity index (χ0) is 15.7. The molecule has 0 bridgehead atoms. The number of carbonyl (C=O) groups excluding carboxylic acids is 1. The fourth-order valence-electron chi connectivity index (χ4n) is 3.36. The van der Waals surface area contributed by atoms with Gasteiger partial charge in [0, 0.05) is 18.0 Å². The van der Waals surface area contributed by atoms with Gasteiger partial charge < -0.3 is 10.2 Å². The Balaban J connectivity index is 1.73. The Morgan fingerprint density at radius 2 is 2.23 bits per heavy atom. The largest absolute Gasteiger partial charge is 0.333 e. The third-order valence-corrected chi connectivity index (χ3v) is 6.20. The van der Waals surface area contributed by atoms with Crippen LogP contribution in [-0.4, -0.2) is 36.5 Å². The number of aryl methyl sites for hydroxylation is 1. The second-order valence-corrected chi connectivity index (χ2v) is 8.00. The highest BCUT2D eigenvalue weighted by molar-refractivity contribution is 7.14. The van der Waals surface area contributed by atoms with Gasteiger partial charge in [-0.2, -0.15) is 5.26 Å². The second kappa shape index (κ2) is 6.02. The molecule has 1 aromatic heterocycles. The van der Waals surface area contributed by atoms with Crippen LogP contribution in [0.25, 0.3) is 0 Å². The average Bonchev–Trinajstić information content (AvgIpc) is 2.93. The van der Waals surface area contributed by atoms with E-state index in [0.29, 0.717) is 18.8 Å². The summed E-state index contributed by atoms with van der Waals surface area (Å²) in [6.07, 6.45) is 4.78. The Kier molecular flexibility index (Phi) is 4.24. The number of fused-ring (bicyclic) bond motifs is 1. The number of hydrogen-bond donors (Lipinski definition) is 1. The number of rotatable bonds is 2. The summed E-state index contributed by atoms with van der Waals surface area (Å²) in [5.74, 6) is 0.635. The van der Waals surface area contributed by atoms with Crippen molar-refractivity contribution in [1.82, 2.24) is 10.2 Å². The monoisotopic (exact) mass is 317 g/mol.